The minimum absolute atomic E-state index is 0.0110. The highest BCUT2D eigenvalue weighted by molar-refractivity contribution is 6.24. The maximum atomic E-state index is 12.4. The van der Waals surface area contributed by atoms with Gasteiger partial charge >= 0.3 is 0 Å². The van der Waals surface area contributed by atoms with E-state index in [4.69, 9.17) is 9.47 Å². The second-order valence-electron chi connectivity index (χ2n) is 5.72. The van der Waals surface area contributed by atoms with Crippen molar-refractivity contribution in [2.75, 3.05) is 14.2 Å². The van der Waals surface area contributed by atoms with Crippen LogP contribution in [0.3, 0.4) is 0 Å². The lowest BCUT2D eigenvalue weighted by Crippen LogP contribution is -2.24. The van der Waals surface area contributed by atoms with E-state index in [2.05, 4.69) is 6.92 Å². The Balaban J connectivity index is 2.62. The average Bonchev–Trinajstić information content (AvgIpc) is 2.55. The number of ether oxygens (including phenoxy) is 2. The molecule has 0 spiro atoms. The van der Waals surface area contributed by atoms with Crippen molar-refractivity contribution >= 4 is 11.6 Å². The Morgan fingerprint density at radius 1 is 0.870 bits per heavy atom. The molecule has 0 atom stereocenters. The van der Waals surface area contributed by atoms with Gasteiger partial charge < -0.3 is 9.47 Å². The van der Waals surface area contributed by atoms with Crippen LogP contribution < -0.4 is 0 Å². The van der Waals surface area contributed by atoms with Crippen molar-refractivity contribution in [1.29, 1.82) is 0 Å². The van der Waals surface area contributed by atoms with Crippen molar-refractivity contribution in [2.24, 2.45) is 0 Å². The first-order chi connectivity index (χ1) is 11.1. The summed E-state index contributed by atoms with van der Waals surface area (Å²) in [5.41, 5.74) is 0.811. The van der Waals surface area contributed by atoms with Gasteiger partial charge in [-0.25, -0.2) is 0 Å². The van der Waals surface area contributed by atoms with Crippen LogP contribution in [0.15, 0.2) is 34.8 Å². The van der Waals surface area contributed by atoms with Crippen molar-refractivity contribution in [2.45, 2.75) is 58.8 Å². The van der Waals surface area contributed by atoms with Crippen LogP contribution in [0.25, 0.3) is 0 Å². The number of methoxy groups -OCH3 is 2. The quantitative estimate of drug-likeness (QED) is 0.445. The highest BCUT2D eigenvalue weighted by atomic mass is 16.5. The molecule has 4 heteroatoms. The van der Waals surface area contributed by atoms with Crippen LogP contribution in [0.5, 0.6) is 0 Å². The fraction of sp³-hybridized carbons (Fsp3) is 0.579. The van der Waals surface area contributed by atoms with Gasteiger partial charge in [0.2, 0.25) is 23.1 Å². The largest absolute Gasteiger partial charge is 0.489 e. The summed E-state index contributed by atoms with van der Waals surface area (Å²) in [6.07, 6.45) is 12.0. The van der Waals surface area contributed by atoms with Gasteiger partial charge in [-0.2, -0.15) is 0 Å². The van der Waals surface area contributed by atoms with E-state index < -0.39 is 0 Å². The van der Waals surface area contributed by atoms with Gasteiger partial charge in [0.05, 0.1) is 14.2 Å². The van der Waals surface area contributed by atoms with Gasteiger partial charge in [0.1, 0.15) is 0 Å². The Labute approximate surface area is 139 Å². The molecule has 0 radical (unpaired) electrons. The van der Waals surface area contributed by atoms with E-state index in [1.807, 2.05) is 6.08 Å². The van der Waals surface area contributed by atoms with E-state index in [0.29, 0.717) is 11.1 Å². The second-order valence-corrected chi connectivity index (χ2v) is 5.72. The van der Waals surface area contributed by atoms with Crippen LogP contribution in [-0.2, 0) is 19.1 Å². The van der Waals surface area contributed by atoms with Crippen molar-refractivity contribution in [3.63, 3.8) is 0 Å². The molecular formula is C19H28O4. The molecule has 0 saturated carbocycles. The molecule has 23 heavy (non-hydrogen) atoms. The minimum Gasteiger partial charge on any atom is -0.489 e. The highest BCUT2D eigenvalue weighted by Gasteiger charge is 2.33. The number of hydrogen-bond acceptors (Lipinski definition) is 4. The zero-order chi connectivity index (χ0) is 17.2. The van der Waals surface area contributed by atoms with Crippen LogP contribution in [0.2, 0.25) is 0 Å². The van der Waals surface area contributed by atoms with Gasteiger partial charge in [0, 0.05) is 11.1 Å². The van der Waals surface area contributed by atoms with Gasteiger partial charge in [-0.05, 0) is 19.8 Å². The first-order valence-electron chi connectivity index (χ1n) is 8.37. The zero-order valence-corrected chi connectivity index (χ0v) is 14.7. The molecule has 4 nitrogen and oxygen atoms in total. The van der Waals surface area contributed by atoms with Crippen LogP contribution >= 0.6 is 0 Å². The molecule has 0 aliphatic heterocycles. The van der Waals surface area contributed by atoms with Crippen molar-refractivity contribution in [3.05, 3.63) is 34.8 Å². The summed E-state index contributed by atoms with van der Waals surface area (Å²) in [5.74, 6) is -0.603. The Hall–Kier alpha value is -1.84. The third kappa shape index (κ3) is 5.08. The lowest BCUT2D eigenvalue weighted by atomic mass is 9.92. The van der Waals surface area contributed by atoms with E-state index >= 15 is 0 Å². The molecule has 0 saturated heterocycles. The fourth-order valence-electron chi connectivity index (χ4n) is 2.61. The number of allylic oxidation sites excluding steroid dienone is 4. The van der Waals surface area contributed by atoms with Crippen LogP contribution in [0.1, 0.15) is 58.8 Å². The van der Waals surface area contributed by atoms with Crippen molar-refractivity contribution < 1.29 is 19.1 Å². The topological polar surface area (TPSA) is 52.6 Å². The molecule has 1 rings (SSSR count). The number of hydrogen-bond donors (Lipinski definition) is 0. The summed E-state index contributed by atoms with van der Waals surface area (Å²) in [6, 6.07) is 0. The predicted octanol–water partition coefficient (Wildman–Crippen LogP) is 4.27. The maximum absolute atomic E-state index is 12.4. The molecule has 0 aromatic rings. The molecule has 0 N–H and O–H groups in total. The van der Waals surface area contributed by atoms with E-state index in [9.17, 15) is 9.59 Å². The number of carbonyl (C=O) groups excluding carboxylic acids is 2. The molecule has 0 amide bonds. The van der Waals surface area contributed by atoms with E-state index in [0.717, 1.165) is 12.8 Å². The van der Waals surface area contributed by atoms with Gasteiger partial charge in [0.15, 0.2) is 0 Å². The molecule has 0 heterocycles. The first kappa shape index (κ1) is 19.2. The third-order valence-corrected chi connectivity index (χ3v) is 4.03. The number of unbranched alkanes of at least 4 members (excludes halogenated alkanes) is 6. The third-order valence-electron chi connectivity index (χ3n) is 4.03. The summed E-state index contributed by atoms with van der Waals surface area (Å²) < 4.78 is 10.1. The van der Waals surface area contributed by atoms with Crippen LogP contribution in [0, 0.1) is 0 Å². The molecular weight excluding hydrogens is 292 g/mol. The second kappa shape index (κ2) is 10.0. The Morgan fingerprint density at radius 3 is 2.04 bits per heavy atom. The molecule has 1 aliphatic carbocycles. The average molecular weight is 320 g/mol. The van der Waals surface area contributed by atoms with Crippen LogP contribution in [0.4, 0.5) is 0 Å². The molecule has 1 aliphatic rings. The Morgan fingerprint density at radius 2 is 1.43 bits per heavy atom. The van der Waals surface area contributed by atoms with Crippen LogP contribution in [-0.4, -0.2) is 25.8 Å². The smallest absolute Gasteiger partial charge is 0.232 e. The normalized spacial score (nSPS) is 15.8. The number of Topliss-reactive ketones (excluding diaryl/α,β-unsaturated/α-hetero) is 2. The van der Waals surface area contributed by atoms with Gasteiger partial charge in [-0.3, -0.25) is 9.59 Å². The molecule has 0 fully saturated rings. The highest BCUT2D eigenvalue weighted by Crippen LogP contribution is 2.26. The number of ketones is 2. The van der Waals surface area contributed by atoms with Crippen molar-refractivity contribution in [1.82, 2.24) is 0 Å². The van der Waals surface area contributed by atoms with Gasteiger partial charge in [-0.1, -0.05) is 51.2 Å². The molecule has 128 valence electrons. The first-order valence-corrected chi connectivity index (χ1v) is 8.37. The van der Waals surface area contributed by atoms with E-state index in [1.165, 1.54) is 46.3 Å². The van der Waals surface area contributed by atoms with Crippen molar-refractivity contribution in [3.8, 4) is 0 Å². The van der Waals surface area contributed by atoms with E-state index in [-0.39, 0.29) is 23.1 Å². The van der Waals surface area contributed by atoms with Gasteiger partial charge in [-0.15, -0.1) is 0 Å². The molecule has 0 unspecified atom stereocenters. The molecule has 0 bridgehead atoms. The Bertz CT molecular complexity index is 523. The van der Waals surface area contributed by atoms with Gasteiger partial charge in [0.25, 0.3) is 0 Å². The van der Waals surface area contributed by atoms with E-state index in [1.54, 1.807) is 13.0 Å². The minimum atomic E-state index is -0.291. The summed E-state index contributed by atoms with van der Waals surface area (Å²) in [6.45, 7) is 3.86. The molecule has 0 aromatic carbocycles. The number of carbonyl (C=O) groups is 2. The molecule has 0 aromatic heterocycles. The summed E-state index contributed by atoms with van der Waals surface area (Å²) in [4.78, 5) is 24.6. The summed E-state index contributed by atoms with van der Waals surface area (Å²) >= 11 is 0. The monoisotopic (exact) mass is 320 g/mol. The zero-order valence-electron chi connectivity index (χ0n) is 14.7. The Kier molecular flexibility index (Phi) is 8.38. The standard InChI is InChI=1S/C19H28O4/c1-5-6-7-8-9-10-11-12-13-15-14(2)16(20)18(22-3)19(23-4)17(15)21/h12-13H,5-11H2,1-4H3. The summed E-state index contributed by atoms with van der Waals surface area (Å²) in [7, 11) is 2.74. The fourth-order valence-corrected chi connectivity index (χ4v) is 2.61. The SMILES string of the molecule is CCCCCCCCC=CC1=C(C)C(=O)C(OC)=C(OC)C1=O. The predicted molar refractivity (Wildman–Crippen MR) is 90.9 cm³/mol. The number of rotatable bonds is 10. The lowest BCUT2D eigenvalue weighted by Gasteiger charge is -2.18. The maximum Gasteiger partial charge on any atom is 0.232 e. The summed E-state index contributed by atoms with van der Waals surface area (Å²) in [5, 5.41) is 0. The lowest BCUT2D eigenvalue weighted by molar-refractivity contribution is -0.120.